The predicted octanol–water partition coefficient (Wildman–Crippen LogP) is 2.39. The average Bonchev–Trinajstić information content (AvgIpc) is 2.84. The van der Waals surface area contributed by atoms with Crippen LogP contribution in [0.5, 0.6) is 0 Å². The summed E-state index contributed by atoms with van der Waals surface area (Å²) in [5.74, 6) is -0.916. The maximum absolute atomic E-state index is 11.2. The summed E-state index contributed by atoms with van der Waals surface area (Å²) in [4.78, 5) is 15.2. The van der Waals surface area contributed by atoms with Crippen LogP contribution in [0.3, 0.4) is 0 Å². The molecule has 1 atom stereocenters. The van der Waals surface area contributed by atoms with E-state index in [1.54, 1.807) is 24.7 Å². The number of carboxylic acid groups (broad SMARTS) is 1. The van der Waals surface area contributed by atoms with Crippen molar-refractivity contribution in [1.82, 2.24) is 9.55 Å². The third-order valence-corrected chi connectivity index (χ3v) is 2.94. The quantitative estimate of drug-likeness (QED) is 0.865. The van der Waals surface area contributed by atoms with Crippen LogP contribution in [0, 0.1) is 6.92 Å². The zero-order chi connectivity index (χ0) is 13.8. The fourth-order valence-corrected chi connectivity index (χ4v) is 2.04. The molecule has 0 aliphatic rings. The predicted molar refractivity (Wildman–Crippen MR) is 73.5 cm³/mol. The van der Waals surface area contributed by atoms with Crippen LogP contribution in [-0.4, -0.2) is 26.7 Å². The molecule has 0 saturated carbocycles. The first-order valence-electron chi connectivity index (χ1n) is 6.13. The number of imidazole rings is 1. The minimum atomic E-state index is -0.916. The lowest BCUT2D eigenvalue weighted by Gasteiger charge is -2.19. The molecule has 2 aromatic rings. The van der Waals surface area contributed by atoms with Gasteiger partial charge in [0.05, 0.1) is 17.6 Å². The molecular weight excluding hydrogens is 242 g/mol. The zero-order valence-corrected chi connectivity index (χ0v) is 11.0. The SMILES string of the molecule is Cc1cccc(C(=O)O)c1NC(C)Cn1ccnc1. The number of nitrogens with zero attached hydrogens (tertiary/aromatic N) is 2. The van der Waals surface area contributed by atoms with Gasteiger partial charge < -0.3 is 15.0 Å². The van der Waals surface area contributed by atoms with E-state index in [-0.39, 0.29) is 6.04 Å². The highest BCUT2D eigenvalue weighted by Gasteiger charge is 2.14. The van der Waals surface area contributed by atoms with E-state index >= 15 is 0 Å². The molecule has 5 heteroatoms. The van der Waals surface area contributed by atoms with Crippen LogP contribution in [0.15, 0.2) is 36.9 Å². The molecule has 0 radical (unpaired) electrons. The number of carboxylic acids is 1. The standard InChI is InChI=1S/C14H17N3O2/c1-10-4-3-5-12(14(18)19)13(10)16-11(2)8-17-7-6-15-9-17/h3-7,9,11,16H,8H2,1-2H3,(H,18,19). The fraction of sp³-hybridized carbons (Fsp3) is 0.286. The monoisotopic (exact) mass is 259 g/mol. The molecule has 2 rings (SSSR count). The van der Waals surface area contributed by atoms with Crippen LogP contribution in [0.1, 0.15) is 22.8 Å². The third kappa shape index (κ3) is 3.13. The van der Waals surface area contributed by atoms with Gasteiger partial charge in [0.25, 0.3) is 0 Å². The number of para-hydroxylation sites is 1. The number of hydrogen-bond acceptors (Lipinski definition) is 3. The van der Waals surface area contributed by atoms with Gasteiger partial charge in [0, 0.05) is 25.0 Å². The number of hydrogen-bond donors (Lipinski definition) is 2. The number of rotatable bonds is 5. The Morgan fingerprint density at radius 2 is 2.32 bits per heavy atom. The summed E-state index contributed by atoms with van der Waals surface area (Å²) in [6, 6.07) is 5.37. The van der Waals surface area contributed by atoms with E-state index in [4.69, 9.17) is 0 Å². The van der Waals surface area contributed by atoms with Gasteiger partial charge in [-0.1, -0.05) is 12.1 Å². The van der Waals surface area contributed by atoms with Crippen LogP contribution >= 0.6 is 0 Å². The number of benzene rings is 1. The van der Waals surface area contributed by atoms with Crippen molar-refractivity contribution in [2.24, 2.45) is 0 Å². The summed E-state index contributed by atoms with van der Waals surface area (Å²) >= 11 is 0. The van der Waals surface area contributed by atoms with E-state index in [1.807, 2.05) is 30.7 Å². The van der Waals surface area contributed by atoms with Crippen molar-refractivity contribution in [3.8, 4) is 0 Å². The van der Waals surface area contributed by atoms with E-state index in [0.717, 1.165) is 12.1 Å². The summed E-state index contributed by atoms with van der Waals surface area (Å²) in [5, 5.41) is 12.5. The van der Waals surface area contributed by atoms with Crippen LogP contribution in [0.25, 0.3) is 0 Å². The molecule has 1 heterocycles. The molecule has 100 valence electrons. The first-order chi connectivity index (χ1) is 9.08. The van der Waals surface area contributed by atoms with Gasteiger partial charge in [-0.2, -0.15) is 0 Å². The van der Waals surface area contributed by atoms with Crippen LogP contribution in [0.4, 0.5) is 5.69 Å². The maximum atomic E-state index is 11.2. The summed E-state index contributed by atoms with van der Waals surface area (Å²) in [6.45, 7) is 4.64. The molecule has 0 bridgehead atoms. The molecule has 1 unspecified atom stereocenters. The van der Waals surface area contributed by atoms with Gasteiger partial charge in [-0.05, 0) is 25.5 Å². The lowest BCUT2D eigenvalue weighted by Crippen LogP contribution is -2.23. The molecular formula is C14H17N3O2. The van der Waals surface area contributed by atoms with Crippen molar-refractivity contribution in [1.29, 1.82) is 0 Å². The Kier molecular flexibility index (Phi) is 3.85. The van der Waals surface area contributed by atoms with Crippen molar-refractivity contribution in [3.63, 3.8) is 0 Å². The first-order valence-corrected chi connectivity index (χ1v) is 6.13. The van der Waals surface area contributed by atoms with E-state index in [0.29, 0.717) is 11.3 Å². The molecule has 0 saturated heterocycles. The second-order valence-electron chi connectivity index (χ2n) is 4.61. The van der Waals surface area contributed by atoms with Crippen LogP contribution in [0.2, 0.25) is 0 Å². The Bertz CT molecular complexity index is 564. The zero-order valence-electron chi connectivity index (χ0n) is 11.0. The Morgan fingerprint density at radius 1 is 1.53 bits per heavy atom. The minimum Gasteiger partial charge on any atom is -0.478 e. The molecule has 19 heavy (non-hydrogen) atoms. The Balaban J connectivity index is 2.16. The number of aryl methyl sites for hydroxylation is 1. The molecule has 0 aliphatic carbocycles. The Hall–Kier alpha value is -2.30. The molecule has 1 aromatic carbocycles. The van der Waals surface area contributed by atoms with Gasteiger partial charge >= 0.3 is 5.97 Å². The second-order valence-corrected chi connectivity index (χ2v) is 4.61. The van der Waals surface area contributed by atoms with E-state index in [1.165, 1.54) is 0 Å². The molecule has 1 aromatic heterocycles. The maximum Gasteiger partial charge on any atom is 0.337 e. The van der Waals surface area contributed by atoms with E-state index in [9.17, 15) is 9.90 Å². The summed E-state index contributed by atoms with van der Waals surface area (Å²) in [5.41, 5.74) is 1.91. The van der Waals surface area contributed by atoms with Gasteiger partial charge in [-0.15, -0.1) is 0 Å². The van der Waals surface area contributed by atoms with Crippen molar-refractivity contribution < 1.29 is 9.90 Å². The topological polar surface area (TPSA) is 67.2 Å². The molecule has 0 fully saturated rings. The second kappa shape index (κ2) is 5.56. The van der Waals surface area contributed by atoms with Crippen molar-refractivity contribution in [2.75, 3.05) is 5.32 Å². The Labute approximate surface area is 111 Å². The lowest BCUT2D eigenvalue weighted by molar-refractivity contribution is 0.0698. The van der Waals surface area contributed by atoms with Crippen LogP contribution in [-0.2, 0) is 6.54 Å². The van der Waals surface area contributed by atoms with Crippen molar-refractivity contribution in [3.05, 3.63) is 48.0 Å². The summed E-state index contributed by atoms with van der Waals surface area (Å²) < 4.78 is 1.95. The molecule has 2 N–H and O–H groups in total. The van der Waals surface area contributed by atoms with Crippen molar-refractivity contribution in [2.45, 2.75) is 26.4 Å². The molecule has 0 amide bonds. The van der Waals surface area contributed by atoms with Crippen LogP contribution < -0.4 is 5.32 Å². The number of aromatic nitrogens is 2. The number of carbonyl (C=O) groups is 1. The summed E-state index contributed by atoms with van der Waals surface area (Å²) in [6.07, 6.45) is 5.35. The molecule has 0 spiro atoms. The van der Waals surface area contributed by atoms with Crippen molar-refractivity contribution >= 4 is 11.7 Å². The third-order valence-electron chi connectivity index (χ3n) is 2.94. The number of aromatic carboxylic acids is 1. The van der Waals surface area contributed by atoms with E-state index in [2.05, 4.69) is 10.3 Å². The average molecular weight is 259 g/mol. The Morgan fingerprint density at radius 3 is 2.95 bits per heavy atom. The molecule has 5 nitrogen and oxygen atoms in total. The first kappa shape index (κ1) is 13.1. The normalized spacial score (nSPS) is 12.1. The summed E-state index contributed by atoms with van der Waals surface area (Å²) in [7, 11) is 0. The van der Waals surface area contributed by atoms with Gasteiger partial charge in [-0.25, -0.2) is 9.78 Å². The fourth-order valence-electron chi connectivity index (χ4n) is 2.04. The van der Waals surface area contributed by atoms with Gasteiger partial charge in [-0.3, -0.25) is 0 Å². The number of nitrogens with one attached hydrogen (secondary N) is 1. The van der Waals surface area contributed by atoms with Gasteiger partial charge in [0.2, 0.25) is 0 Å². The highest BCUT2D eigenvalue weighted by molar-refractivity contribution is 5.95. The number of anilines is 1. The largest absolute Gasteiger partial charge is 0.478 e. The highest BCUT2D eigenvalue weighted by atomic mass is 16.4. The lowest BCUT2D eigenvalue weighted by atomic mass is 10.1. The highest BCUT2D eigenvalue weighted by Crippen LogP contribution is 2.21. The smallest absolute Gasteiger partial charge is 0.337 e. The van der Waals surface area contributed by atoms with Gasteiger partial charge in [0.15, 0.2) is 0 Å². The van der Waals surface area contributed by atoms with E-state index < -0.39 is 5.97 Å². The van der Waals surface area contributed by atoms with Gasteiger partial charge in [0.1, 0.15) is 0 Å². The minimum absolute atomic E-state index is 0.105. The molecule has 0 aliphatic heterocycles.